The van der Waals surface area contributed by atoms with E-state index in [2.05, 4.69) is 104 Å². The number of aromatic carboxylic acids is 1. The van der Waals surface area contributed by atoms with Gasteiger partial charge in [0.1, 0.15) is 39.6 Å². The third-order valence-corrected chi connectivity index (χ3v) is 15.0. The van der Waals surface area contributed by atoms with Gasteiger partial charge in [0.25, 0.3) is 5.91 Å². The molecule has 8 heterocycles. The maximum Gasteiger partial charge on any atom is 0.410 e. The SMILES string of the molecule is C[C@@H]1C[C@@H](N)CN1C(=O)OC(C)(C)C.C[C@@H]1C[C@@H](Nc2cc(C#N)ccn2)CN1.C[C@@H]1C[C@@H](Nc2cc(C#N)ccn2)CN1C(=O)c1ccccc1-n1ncnn1.C[C@H]1CC[C@H](Nc2cc(C#N)ccn2)C1.N#Cc1ccnc(Cl)c1.NN=CN=Nc1ccccc1C(=O)O. The number of nitrogens with one attached hydrogen (secondary N) is 4. The van der Waals surface area contributed by atoms with Crippen LogP contribution in [-0.4, -0.2) is 147 Å². The molecule has 4 aliphatic rings. The van der Waals surface area contributed by atoms with Gasteiger partial charge in [-0.3, -0.25) is 4.79 Å². The van der Waals surface area contributed by atoms with Crippen LogP contribution in [0, 0.1) is 51.2 Å². The van der Waals surface area contributed by atoms with Gasteiger partial charge in [0.05, 0.1) is 57.7 Å². The Kier molecular flexibility index (Phi) is 28.3. The van der Waals surface area contributed by atoms with Gasteiger partial charge in [-0.1, -0.05) is 42.8 Å². The predicted molar refractivity (Wildman–Crippen MR) is 358 cm³/mol. The molecule has 4 fully saturated rings. The molecule has 0 radical (unpaired) electrons. The minimum atomic E-state index is -1.05. The molecule has 1 aliphatic carbocycles. The molecule has 0 unspecified atom stereocenters. The van der Waals surface area contributed by atoms with Gasteiger partial charge in [-0.05, 0) is 164 Å². The summed E-state index contributed by atoms with van der Waals surface area (Å²) in [4.78, 5) is 56.8. The van der Waals surface area contributed by atoms with Crippen LogP contribution in [0.5, 0.6) is 0 Å². The Morgan fingerprint density at radius 3 is 1.73 bits per heavy atom. The minimum Gasteiger partial charge on any atom is -0.478 e. The summed E-state index contributed by atoms with van der Waals surface area (Å²) >= 11 is 5.46. The van der Waals surface area contributed by atoms with Gasteiger partial charge in [0, 0.05) is 86.7 Å². The number of hydrogen-bond acceptors (Lipinski definition) is 23. The topological polar surface area (TPSA) is 415 Å². The monoisotopic (exact) mass is 1310 g/mol. The predicted octanol–water partition coefficient (Wildman–Crippen LogP) is 9.63. The van der Waals surface area contributed by atoms with Crippen molar-refractivity contribution in [2.45, 2.75) is 135 Å². The van der Waals surface area contributed by atoms with E-state index in [9.17, 15) is 14.4 Å². The Hall–Kier alpha value is -11.0. The number of likely N-dealkylation sites (tertiary alicyclic amines) is 2. The van der Waals surface area contributed by atoms with Gasteiger partial charge in [0.15, 0.2) is 12.7 Å². The number of ether oxygens (including phenoxy) is 1. The molecule has 11 rings (SSSR count). The molecule has 8 atom stereocenters. The number of hydrazone groups is 1. The summed E-state index contributed by atoms with van der Waals surface area (Å²) in [6.07, 6.45) is 15.0. The molecule has 2 amide bonds. The molecule has 2 aromatic carbocycles. The van der Waals surface area contributed by atoms with E-state index in [0.29, 0.717) is 75.7 Å². The van der Waals surface area contributed by atoms with Crippen LogP contribution in [0.4, 0.5) is 27.9 Å². The number of hydrogen-bond donors (Lipinski definition) is 7. The van der Waals surface area contributed by atoms with E-state index in [1.54, 1.807) is 84.2 Å². The van der Waals surface area contributed by atoms with Gasteiger partial charge in [-0.2, -0.15) is 26.1 Å². The molecule has 29 heteroatoms. The number of amides is 2. The van der Waals surface area contributed by atoms with Crippen LogP contribution in [0.2, 0.25) is 5.15 Å². The van der Waals surface area contributed by atoms with Crippen molar-refractivity contribution in [1.82, 2.24) is 55.3 Å². The molecule has 0 spiro atoms. The van der Waals surface area contributed by atoms with E-state index < -0.39 is 11.6 Å². The number of aromatic nitrogens is 8. The second kappa shape index (κ2) is 36.9. The quantitative estimate of drug-likeness (QED) is 0.0158. The van der Waals surface area contributed by atoms with Crippen molar-refractivity contribution in [3.8, 4) is 30.0 Å². The average Bonchev–Trinajstić information content (AvgIpc) is 1.77. The van der Waals surface area contributed by atoms with Crippen molar-refractivity contribution in [2.24, 2.45) is 32.8 Å². The van der Waals surface area contributed by atoms with E-state index in [0.717, 1.165) is 49.7 Å². The van der Waals surface area contributed by atoms with Gasteiger partial charge < -0.3 is 52.5 Å². The van der Waals surface area contributed by atoms with Crippen LogP contribution < -0.4 is 32.8 Å². The van der Waals surface area contributed by atoms with Crippen molar-refractivity contribution in [2.75, 3.05) is 35.6 Å². The molecule has 1 saturated carbocycles. The number of rotatable bonds is 11. The number of carboxylic acids is 1. The lowest BCUT2D eigenvalue weighted by Gasteiger charge is -2.26. The molecule has 0 bridgehead atoms. The van der Waals surface area contributed by atoms with E-state index in [1.807, 2.05) is 63.8 Å². The lowest BCUT2D eigenvalue weighted by atomic mass is 10.1. The number of anilines is 3. The number of carbonyl (C=O) groups excluding carboxylic acids is 2. The van der Waals surface area contributed by atoms with E-state index in [-0.39, 0.29) is 47.4 Å². The highest BCUT2D eigenvalue weighted by Gasteiger charge is 2.35. The molecule has 5 aromatic heterocycles. The molecule has 3 aliphatic heterocycles. The third-order valence-electron chi connectivity index (χ3n) is 14.8. The van der Waals surface area contributed by atoms with Crippen molar-refractivity contribution < 1.29 is 24.2 Å². The number of nitriles is 4. The van der Waals surface area contributed by atoms with Crippen molar-refractivity contribution in [3.63, 3.8) is 0 Å². The van der Waals surface area contributed by atoms with Crippen molar-refractivity contribution in [3.05, 3.63) is 167 Å². The zero-order chi connectivity index (χ0) is 68.9. The fraction of sp³-hybridized carbons (Fsp3) is 0.379. The van der Waals surface area contributed by atoms with Crippen molar-refractivity contribution >= 4 is 59.1 Å². The van der Waals surface area contributed by atoms with Gasteiger partial charge >= 0.3 is 12.1 Å². The van der Waals surface area contributed by atoms with Gasteiger partial charge in [0.2, 0.25) is 0 Å². The van der Waals surface area contributed by atoms with Crippen LogP contribution in [-0.2, 0) is 4.74 Å². The third kappa shape index (κ3) is 24.2. The summed E-state index contributed by atoms with van der Waals surface area (Å²) in [6, 6.07) is 37.2. The van der Waals surface area contributed by atoms with E-state index in [4.69, 9.17) is 54.1 Å². The Morgan fingerprint density at radius 1 is 0.695 bits per heavy atom. The number of pyridine rings is 4. The van der Waals surface area contributed by atoms with Crippen molar-refractivity contribution in [1.29, 1.82) is 21.0 Å². The first-order valence-electron chi connectivity index (χ1n) is 30.5. The fourth-order valence-corrected chi connectivity index (χ4v) is 10.6. The molecule has 7 aromatic rings. The molecule has 3 saturated heterocycles. The van der Waals surface area contributed by atoms with Gasteiger partial charge in [-0.15, -0.1) is 25.2 Å². The zero-order valence-corrected chi connectivity index (χ0v) is 54.7. The number of carbonyl (C=O) groups is 3. The minimum absolute atomic E-state index is 0.0528. The maximum atomic E-state index is 13.2. The lowest BCUT2D eigenvalue weighted by molar-refractivity contribution is 0.0236. The summed E-state index contributed by atoms with van der Waals surface area (Å²) in [5.74, 6) is 6.72. The fourth-order valence-electron chi connectivity index (χ4n) is 10.4. The van der Waals surface area contributed by atoms with Gasteiger partial charge in [-0.25, -0.2) is 29.5 Å². The summed E-state index contributed by atoms with van der Waals surface area (Å²) in [6.45, 7) is 16.2. The number of carboxylic acid groups (broad SMARTS) is 1. The van der Waals surface area contributed by atoms with Crippen LogP contribution in [0.15, 0.2) is 144 Å². The number of nitrogens with two attached hydrogens (primary N) is 2. The highest BCUT2D eigenvalue weighted by atomic mass is 35.5. The maximum absolute atomic E-state index is 13.2. The van der Waals surface area contributed by atoms with Crippen LogP contribution in [0.3, 0.4) is 0 Å². The Balaban J connectivity index is 0.000000188. The Morgan fingerprint density at radius 2 is 1.24 bits per heavy atom. The smallest absolute Gasteiger partial charge is 0.410 e. The largest absolute Gasteiger partial charge is 0.478 e. The summed E-state index contributed by atoms with van der Waals surface area (Å²) in [7, 11) is 0. The number of nitrogens with zero attached hydrogens (tertiary/aromatic N) is 17. The lowest BCUT2D eigenvalue weighted by Crippen LogP contribution is -2.39. The molecular weight excluding hydrogens is 1230 g/mol. The molecule has 494 valence electrons. The Bertz CT molecular complexity index is 3800. The molecule has 95 heavy (non-hydrogen) atoms. The first-order valence-corrected chi connectivity index (χ1v) is 30.9. The number of tetrazole rings is 1. The summed E-state index contributed by atoms with van der Waals surface area (Å²) in [5.41, 5.74) is 9.20. The highest BCUT2D eigenvalue weighted by Crippen LogP contribution is 2.28. The van der Waals surface area contributed by atoms with E-state index in [1.165, 1.54) is 54.8 Å². The summed E-state index contributed by atoms with van der Waals surface area (Å²) < 4.78 is 5.27. The zero-order valence-electron chi connectivity index (χ0n) is 53.9. The number of para-hydroxylation sites is 1. The first-order chi connectivity index (χ1) is 45.6. The molecule has 9 N–H and O–H groups in total. The first kappa shape index (κ1) is 73.0. The standard InChI is InChI=1S/C19H18N8O.C12H15N3.C11H14N4.C10H20N2O2.C8H8N4O2.C6H3ClN2/c1-13-8-15(24-18-9-14(10-20)6-7-21-18)11-26(13)19(28)16-4-2-3-5-17(16)27-23-12-22-25-27;1-9-2-3-11(6-9)15-12-7-10(8-13)4-5-14-12;1-8-4-10(7-14-8)15-11-5-9(6-12)2-3-13-11;1-7-5-8(11)6-12(7)9(13)14-10(2,3)4;9-10-5-11-12-7-4-2-1-3-6(7)8(13)14;7-6-3-5(4-8)1-2-9-6/h2-7,9,12-13,15H,8,11H2,1H3,(H,21,24);4-5,7,9,11H,2-3,6H2,1H3,(H,14,15);2-3,5,8,10,14H,4,7H2,1H3,(H,13,15);7-8H,5-6,11H2,1-4H3;1-5H,9H2,(H,13,14);1-3H/t13-,15-;9-,11-;8-,10-;7-,8-;;/m1011../s1. The molecular formula is C66H78ClN23O5. The van der Waals surface area contributed by atoms with Crippen LogP contribution in [0.25, 0.3) is 5.69 Å². The normalized spacial score (nSPS) is 19.9. The number of azo groups is 1. The second-order valence-electron chi connectivity index (χ2n) is 23.7. The highest BCUT2D eigenvalue weighted by molar-refractivity contribution is 6.29. The van der Waals surface area contributed by atoms with E-state index >= 15 is 0 Å². The number of benzene rings is 2. The van der Waals surface area contributed by atoms with Crippen LogP contribution in [0.1, 0.15) is 130 Å². The summed E-state index contributed by atoms with van der Waals surface area (Å²) in [5, 5.41) is 79.2. The second-order valence-corrected chi connectivity index (χ2v) is 24.0. The van der Waals surface area contributed by atoms with Crippen LogP contribution >= 0.6 is 11.6 Å². The molecule has 28 nitrogen and oxygen atoms in total. The average molecular weight is 1310 g/mol. The number of halogens is 1. The Labute approximate surface area is 557 Å².